The maximum atomic E-state index is 12.8. The number of hydrogen-bond acceptors (Lipinski definition) is 5. The van der Waals surface area contributed by atoms with Crippen LogP contribution in [0, 0.1) is 0 Å². The summed E-state index contributed by atoms with van der Waals surface area (Å²) in [7, 11) is 0. The quantitative estimate of drug-likeness (QED) is 0.0346. The number of allylic oxidation sites excluding steroid dienone is 16. The molecule has 0 aliphatic rings. The lowest BCUT2D eigenvalue weighted by molar-refractivity contribution is -0.163. The van der Waals surface area contributed by atoms with E-state index in [1.807, 2.05) is 0 Å². The molecule has 0 aromatic heterocycles. The molecule has 0 aromatic rings. The van der Waals surface area contributed by atoms with Gasteiger partial charge in [0, 0.05) is 19.4 Å². The first-order valence-electron chi connectivity index (χ1n) is 27.8. The van der Waals surface area contributed by atoms with Crippen LogP contribution in [-0.4, -0.2) is 37.9 Å². The summed E-state index contributed by atoms with van der Waals surface area (Å²) in [4.78, 5) is 25.5. The Kier molecular flexibility index (Phi) is 53.4. The molecule has 0 rings (SSSR count). The van der Waals surface area contributed by atoms with E-state index in [1.165, 1.54) is 116 Å². The number of esters is 2. The van der Waals surface area contributed by atoms with Crippen molar-refractivity contribution in [1.29, 1.82) is 0 Å². The average Bonchev–Trinajstić information content (AvgIpc) is 3.32. The molecule has 0 amide bonds. The molecule has 0 heterocycles. The van der Waals surface area contributed by atoms with E-state index in [2.05, 4.69) is 118 Å². The van der Waals surface area contributed by atoms with Gasteiger partial charge in [-0.3, -0.25) is 9.59 Å². The van der Waals surface area contributed by atoms with Gasteiger partial charge in [0.05, 0.1) is 6.61 Å². The fourth-order valence-corrected chi connectivity index (χ4v) is 7.44. The molecule has 0 saturated carbocycles. The van der Waals surface area contributed by atoms with Gasteiger partial charge in [-0.05, 0) is 122 Å². The number of unbranched alkanes of at least 4 members (excludes halogenated alkanes) is 23. The van der Waals surface area contributed by atoms with Crippen molar-refractivity contribution < 1.29 is 23.8 Å². The van der Waals surface area contributed by atoms with E-state index < -0.39 is 6.10 Å². The maximum absolute atomic E-state index is 12.8. The van der Waals surface area contributed by atoms with Crippen molar-refractivity contribution in [3.63, 3.8) is 0 Å². The second-order valence-corrected chi connectivity index (χ2v) is 18.1. The lowest BCUT2D eigenvalue weighted by Gasteiger charge is -2.18. The Morgan fingerprint density at radius 1 is 0.348 bits per heavy atom. The molecular formula is C61H104O5. The summed E-state index contributed by atoms with van der Waals surface area (Å²) in [6.07, 6.45) is 75.6. The maximum Gasteiger partial charge on any atom is 0.306 e. The van der Waals surface area contributed by atoms with Crippen molar-refractivity contribution in [1.82, 2.24) is 0 Å². The first-order chi connectivity index (χ1) is 32.6. The molecule has 1 atom stereocenters. The SMILES string of the molecule is CC/C=C\C/C=C\C/C=C\C/C=C\CCCCCCCCCOCC(COC(=O)CCCCCCC/C=C\C/C=C\CCCCC)OC(=O)CCCCCCC/C=C\C/C=C\CCCCC. The number of rotatable bonds is 50. The monoisotopic (exact) mass is 917 g/mol. The molecule has 0 saturated heterocycles. The summed E-state index contributed by atoms with van der Waals surface area (Å²) in [5.41, 5.74) is 0. The van der Waals surface area contributed by atoms with Gasteiger partial charge in [-0.1, -0.05) is 214 Å². The molecule has 0 aromatic carbocycles. The smallest absolute Gasteiger partial charge is 0.306 e. The van der Waals surface area contributed by atoms with E-state index in [9.17, 15) is 9.59 Å². The van der Waals surface area contributed by atoms with Crippen LogP contribution in [0.4, 0.5) is 0 Å². The highest BCUT2D eigenvalue weighted by Crippen LogP contribution is 2.13. The second kappa shape index (κ2) is 56.1. The minimum atomic E-state index is -0.561. The zero-order chi connectivity index (χ0) is 47.7. The number of hydrogen-bond donors (Lipinski definition) is 0. The van der Waals surface area contributed by atoms with Gasteiger partial charge in [0.25, 0.3) is 0 Å². The Balaban J connectivity index is 4.34. The summed E-state index contributed by atoms with van der Waals surface area (Å²) in [5, 5.41) is 0. The first-order valence-corrected chi connectivity index (χ1v) is 27.8. The fraction of sp³-hybridized carbons (Fsp3) is 0.705. The van der Waals surface area contributed by atoms with Crippen molar-refractivity contribution in [2.45, 2.75) is 258 Å². The predicted octanol–water partition coefficient (Wildman–Crippen LogP) is 19.0. The largest absolute Gasteiger partial charge is 0.462 e. The molecule has 1 unspecified atom stereocenters. The molecule has 5 nitrogen and oxygen atoms in total. The van der Waals surface area contributed by atoms with Crippen LogP contribution in [0.15, 0.2) is 97.2 Å². The molecule has 0 aliphatic heterocycles. The van der Waals surface area contributed by atoms with Crippen LogP contribution in [-0.2, 0) is 23.8 Å². The highest BCUT2D eigenvalue weighted by Gasteiger charge is 2.17. The molecule has 0 N–H and O–H groups in total. The van der Waals surface area contributed by atoms with Gasteiger partial charge in [-0.25, -0.2) is 0 Å². The van der Waals surface area contributed by atoms with E-state index in [-0.39, 0.29) is 25.2 Å². The highest BCUT2D eigenvalue weighted by atomic mass is 16.6. The van der Waals surface area contributed by atoms with Gasteiger partial charge in [-0.15, -0.1) is 0 Å². The third-order valence-electron chi connectivity index (χ3n) is 11.6. The number of carbonyl (C=O) groups is 2. The van der Waals surface area contributed by atoms with Crippen molar-refractivity contribution in [3.8, 4) is 0 Å². The van der Waals surface area contributed by atoms with Gasteiger partial charge < -0.3 is 14.2 Å². The van der Waals surface area contributed by atoms with Gasteiger partial charge in [0.1, 0.15) is 6.61 Å². The lowest BCUT2D eigenvalue weighted by Crippen LogP contribution is -2.30. The normalized spacial score (nSPS) is 13.0. The molecular weight excluding hydrogens is 813 g/mol. The second-order valence-electron chi connectivity index (χ2n) is 18.1. The van der Waals surface area contributed by atoms with Crippen LogP contribution >= 0.6 is 0 Å². The minimum absolute atomic E-state index is 0.0634. The Bertz CT molecular complexity index is 1270. The standard InChI is InChI=1S/C61H104O5/c1-4-7-10-13-16-19-22-25-28-29-30-31-32-35-38-41-44-47-50-53-56-64-57-59(66-61(63)55-52-49-46-43-40-37-34-27-24-21-18-15-12-9-6-3)58-65-60(62)54-51-48-45-42-39-36-33-26-23-20-17-14-11-8-5-2/h7,10,16-21,25-28,30-31,33-34,59H,4-6,8-9,11-15,22-24,29,32,35-58H2,1-3H3/b10-7-,19-16-,20-17-,21-18-,28-25-,31-30-,33-26-,34-27-. The molecule has 0 spiro atoms. The van der Waals surface area contributed by atoms with Crippen molar-refractivity contribution >= 4 is 11.9 Å². The van der Waals surface area contributed by atoms with Crippen LogP contribution < -0.4 is 0 Å². The summed E-state index contributed by atoms with van der Waals surface area (Å²) >= 11 is 0. The lowest BCUT2D eigenvalue weighted by atomic mass is 10.1. The summed E-state index contributed by atoms with van der Waals surface area (Å²) in [6.45, 7) is 7.62. The van der Waals surface area contributed by atoms with Crippen LogP contribution in [0.3, 0.4) is 0 Å². The third-order valence-corrected chi connectivity index (χ3v) is 11.6. The highest BCUT2D eigenvalue weighted by molar-refractivity contribution is 5.70. The molecule has 378 valence electrons. The van der Waals surface area contributed by atoms with Gasteiger partial charge in [0.15, 0.2) is 6.10 Å². The molecule has 0 fully saturated rings. The average molecular weight is 917 g/mol. The molecule has 0 radical (unpaired) electrons. The predicted molar refractivity (Wildman–Crippen MR) is 288 cm³/mol. The number of carbonyl (C=O) groups excluding carboxylic acids is 2. The Morgan fingerprint density at radius 3 is 1.09 bits per heavy atom. The first kappa shape index (κ1) is 62.8. The molecule has 0 bridgehead atoms. The van der Waals surface area contributed by atoms with Crippen molar-refractivity contribution in [3.05, 3.63) is 97.2 Å². The topological polar surface area (TPSA) is 61.8 Å². The molecule has 0 aliphatic carbocycles. The van der Waals surface area contributed by atoms with Gasteiger partial charge in [0.2, 0.25) is 0 Å². The fourth-order valence-electron chi connectivity index (χ4n) is 7.44. The van der Waals surface area contributed by atoms with Gasteiger partial charge >= 0.3 is 11.9 Å². The van der Waals surface area contributed by atoms with Crippen LogP contribution in [0.2, 0.25) is 0 Å². The Labute approximate surface area is 409 Å². The van der Waals surface area contributed by atoms with E-state index in [0.29, 0.717) is 19.4 Å². The van der Waals surface area contributed by atoms with E-state index >= 15 is 0 Å². The van der Waals surface area contributed by atoms with Crippen LogP contribution in [0.25, 0.3) is 0 Å². The van der Waals surface area contributed by atoms with Gasteiger partial charge in [-0.2, -0.15) is 0 Å². The zero-order valence-corrected chi connectivity index (χ0v) is 43.4. The van der Waals surface area contributed by atoms with Crippen molar-refractivity contribution in [2.24, 2.45) is 0 Å². The van der Waals surface area contributed by atoms with Crippen LogP contribution in [0.1, 0.15) is 252 Å². The Hall–Kier alpha value is -3.18. The zero-order valence-electron chi connectivity index (χ0n) is 43.4. The third kappa shape index (κ3) is 53.4. The number of ether oxygens (including phenoxy) is 3. The van der Waals surface area contributed by atoms with E-state index in [4.69, 9.17) is 14.2 Å². The summed E-state index contributed by atoms with van der Waals surface area (Å²) < 4.78 is 17.4. The van der Waals surface area contributed by atoms with E-state index in [0.717, 1.165) is 103 Å². The van der Waals surface area contributed by atoms with Crippen LogP contribution in [0.5, 0.6) is 0 Å². The van der Waals surface area contributed by atoms with E-state index in [1.54, 1.807) is 0 Å². The molecule has 66 heavy (non-hydrogen) atoms. The molecule has 5 heteroatoms. The summed E-state index contributed by atoms with van der Waals surface area (Å²) in [5.74, 6) is -0.435. The minimum Gasteiger partial charge on any atom is -0.462 e. The summed E-state index contributed by atoms with van der Waals surface area (Å²) in [6, 6.07) is 0. The van der Waals surface area contributed by atoms with Crippen molar-refractivity contribution in [2.75, 3.05) is 19.8 Å². The Morgan fingerprint density at radius 2 is 0.682 bits per heavy atom.